The highest BCUT2D eigenvalue weighted by molar-refractivity contribution is 7.22. The zero-order valence-electron chi connectivity index (χ0n) is 16.5. The highest BCUT2D eigenvalue weighted by atomic mass is 35.5. The number of hydrogen-bond donors (Lipinski definition) is 0. The maximum Gasteiger partial charge on any atom is 0.268 e. The van der Waals surface area contributed by atoms with Crippen LogP contribution >= 0.6 is 22.9 Å². The first-order chi connectivity index (χ1) is 15.4. The molecule has 0 aliphatic heterocycles. The summed E-state index contributed by atoms with van der Waals surface area (Å²) in [4.78, 5) is 23.0. The molecular weight excluding hydrogens is 458 g/mol. The molecule has 0 aliphatic rings. The van der Waals surface area contributed by atoms with Crippen molar-refractivity contribution >= 4 is 33.2 Å². The number of benzene rings is 2. The van der Waals surface area contributed by atoms with E-state index in [4.69, 9.17) is 16.1 Å². The van der Waals surface area contributed by atoms with Crippen LogP contribution in [-0.4, -0.2) is 19.7 Å². The van der Waals surface area contributed by atoms with Gasteiger partial charge in [0.25, 0.3) is 11.4 Å². The first-order valence-corrected chi connectivity index (χ1v) is 10.6. The van der Waals surface area contributed by atoms with Gasteiger partial charge in [0.15, 0.2) is 0 Å². The summed E-state index contributed by atoms with van der Waals surface area (Å²) < 4.78 is 33.9. The molecule has 0 saturated heterocycles. The minimum Gasteiger partial charge on any atom is -0.333 e. The van der Waals surface area contributed by atoms with Crippen LogP contribution in [0.25, 0.3) is 32.4 Å². The molecule has 3 aromatic heterocycles. The normalized spacial score (nSPS) is 11.4. The largest absolute Gasteiger partial charge is 0.333 e. The zero-order valence-corrected chi connectivity index (χ0v) is 18.0. The van der Waals surface area contributed by atoms with Crippen molar-refractivity contribution in [3.05, 3.63) is 86.9 Å². The van der Waals surface area contributed by atoms with Gasteiger partial charge in [-0.3, -0.25) is 9.36 Å². The van der Waals surface area contributed by atoms with Crippen LogP contribution in [-0.2, 0) is 6.54 Å². The van der Waals surface area contributed by atoms with Gasteiger partial charge in [0.2, 0.25) is 5.82 Å². The van der Waals surface area contributed by atoms with E-state index in [1.165, 1.54) is 28.3 Å². The summed E-state index contributed by atoms with van der Waals surface area (Å²) in [5, 5.41) is 4.88. The molecule has 0 N–H and O–H groups in total. The molecule has 0 unspecified atom stereocenters. The third-order valence-electron chi connectivity index (χ3n) is 5.01. The third kappa shape index (κ3) is 3.49. The zero-order chi connectivity index (χ0) is 22.4. The van der Waals surface area contributed by atoms with Crippen LogP contribution in [0.5, 0.6) is 0 Å². The van der Waals surface area contributed by atoms with E-state index in [1.54, 1.807) is 25.1 Å². The van der Waals surface area contributed by atoms with Gasteiger partial charge in [-0.1, -0.05) is 35.0 Å². The number of hydrogen-bond acceptors (Lipinski definition) is 6. The molecule has 10 heteroatoms. The highest BCUT2D eigenvalue weighted by Crippen LogP contribution is 2.36. The van der Waals surface area contributed by atoms with E-state index in [-0.39, 0.29) is 23.6 Å². The van der Waals surface area contributed by atoms with Crippen LogP contribution < -0.4 is 5.56 Å². The Morgan fingerprint density at radius 2 is 2.00 bits per heavy atom. The smallest absolute Gasteiger partial charge is 0.268 e. The summed E-state index contributed by atoms with van der Waals surface area (Å²) in [7, 11) is 0. The Bertz CT molecular complexity index is 1540. The highest BCUT2D eigenvalue weighted by Gasteiger charge is 2.21. The van der Waals surface area contributed by atoms with Gasteiger partial charge in [-0.25, -0.2) is 13.8 Å². The maximum atomic E-state index is 14.0. The van der Waals surface area contributed by atoms with Gasteiger partial charge < -0.3 is 4.52 Å². The van der Waals surface area contributed by atoms with Crippen LogP contribution in [0.3, 0.4) is 0 Å². The van der Waals surface area contributed by atoms with Crippen LogP contribution in [0.2, 0.25) is 5.02 Å². The lowest BCUT2D eigenvalue weighted by molar-refractivity contribution is 0.433. The Labute approximate surface area is 188 Å². The number of aromatic nitrogens is 4. The van der Waals surface area contributed by atoms with Crippen LogP contribution in [0.15, 0.2) is 58.1 Å². The maximum absolute atomic E-state index is 14.0. The predicted octanol–water partition coefficient (Wildman–Crippen LogP) is 5.46. The van der Waals surface area contributed by atoms with Crippen LogP contribution in [0.1, 0.15) is 11.1 Å². The number of nitrogens with zero attached hydrogens (tertiary/aromatic N) is 4. The molecule has 6 nitrogen and oxygen atoms in total. The van der Waals surface area contributed by atoms with Crippen molar-refractivity contribution in [1.82, 2.24) is 19.7 Å². The third-order valence-corrected chi connectivity index (χ3v) is 6.53. The van der Waals surface area contributed by atoms with Crippen molar-refractivity contribution in [3.8, 4) is 22.2 Å². The Hall–Kier alpha value is -3.43. The first kappa shape index (κ1) is 20.5. The molecule has 0 fully saturated rings. The topological polar surface area (TPSA) is 73.8 Å². The van der Waals surface area contributed by atoms with Crippen molar-refractivity contribution in [2.24, 2.45) is 0 Å². The van der Waals surface area contributed by atoms with E-state index in [0.717, 1.165) is 12.1 Å². The fraction of sp³-hybridized carbons (Fsp3) is 0.0909. The molecule has 0 bridgehead atoms. The van der Waals surface area contributed by atoms with E-state index in [1.807, 2.05) is 6.07 Å². The van der Waals surface area contributed by atoms with Gasteiger partial charge in [-0.05, 0) is 30.7 Å². The second-order valence-electron chi connectivity index (χ2n) is 7.05. The van der Waals surface area contributed by atoms with E-state index >= 15 is 0 Å². The average Bonchev–Trinajstić information content (AvgIpc) is 3.37. The monoisotopic (exact) mass is 470 g/mol. The standard InChI is InChI=1S/C22H13ClF2N4O2S/c1-11-17-21(26-10-29(22(17)30)9-12-6-7-13(24)8-16(12)25)32-18(11)20-27-19(28-31-20)14-4-2-3-5-15(14)23/h2-8,10H,9H2,1H3. The Morgan fingerprint density at radius 1 is 1.19 bits per heavy atom. The SMILES string of the molecule is Cc1c(-c2nc(-c3ccccc3Cl)no2)sc2ncn(Cc3ccc(F)cc3F)c(=O)c12. The van der Waals surface area contributed by atoms with E-state index in [2.05, 4.69) is 15.1 Å². The molecule has 0 radical (unpaired) electrons. The second-order valence-corrected chi connectivity index (χ2v) is 8.46. The molecule has 5 rings (SSSR count). The van der Waals surface area contributed by atoms with Crippen molar-refractivity contribution in [2.75, 3.05) is 0 Å². The fourth-order valence-corrected chi connectivity index (χ4v) is 4.66. The molecular formula is C22H13ClF2N4O2S. The molecule has 0 aliphatic carbocycles. The van der Waals surface area contributed by atoms with Crippen molar-refractivity contribution in [2.45, 2.75) is 13.5 Å². The summed E-state index contributed by atoms with van der Waals surface area (Å²) in [6.45, 7) is 1.69. The lowest BCUT2D eigenvalue weighted by Crippen LogP contribution is -2.21. The summed E-state index contributed by atoms with van der Waals surface area (Å²) >= 11 is 7.46. The van der Waals surface area contributed by atoms with Gasteiger partial charge in [-0.15, -0.1) is 11.3 Å². The first-order valence-electron chi connectivity index (χ1n) is 9.44. The number of aryl methyl sites for hydroxylation is 1. The predicted molar refractivity (Wildman–Crippen MR) is 118 cm³/mol. The summed E-state index contributed by atoms with van der Waals surface area (Å²) in [5.74, 6) is -0.825. The van der Waals surface area contributed by atoms with Crippen molar-refractivity contribution in [1.29, 1.82) is 0 Å². The van der Waals surface area contributed by atoms with Crippen LogP contribution in [0, 0.1) is 18.6 Å². The second kappa shape index (κ2) is 7.92. The Kier molecular flexibility index (Phi) is 5.07. The number of fused-ring (bicyclic) bond motifs is 1. The Morgan fingerprint density at radius 3 is 2.78 bits per heavy atom. The molecule has 160 valence electrons. The molecule has 0 saturated carbocycles. The summed E-state index contributed by atoms with van der Waals surface area (Å²) in [6, 6.07) is 10.4. The molecule has 2 aromatic carbocycles. The molecule has 0 spiro atoms. The number of rotatable bonds is 4. The van der Waals surface area contributed by atoms with E-state index in [0.29, 0.717) is 37.1 Å². The van der Waals surface area contributed by atoms with Gasteiger partial charge in [0.1, 0.15) is 16.5 Å². The minimum absolute atomic E-state index is 0.0737. The lowest BCUT2D eigenvalue weighted by Gasteiger charge is -2.07. The lowest BCUT2D eigenvalue weighted by atomic mass is 10.2. The summed E-state index contributed by atoms with van der Waals surface area (Å²) in [5.41, 5.74) is 1.10. The molecule has 0 atom stereocenters. The number of thiophene rings is 1. The van der Waals surface area contributed by atoms with Gasteiger partial charge >= 0.3 is 0 Å². The average molecular weight is 471 g/mol. The van der Waals surface area contributed by atoms with Gasteiger partial charge in [0.05, 0.1) is 28.2 Å². The quantitative estimate of drug-likeness (QED) is 0.348. The molecule has 3 heterocycles. The van der Waals surface area contributed by atoms with E-state index < -0.39 is 11.6 Å². The minimum atomic E-state index is -0.724. The molecule has 5 aromatic rings. The number of halogens is 3. The van der Waals surface area contributed by atoms with E-state index in [9.17, 15) is 13.6 Å². The van der Waals surface area contributed by atoms with Crippen molar-refractivity contribution in [3.63, 3.8) is 0 Å². The van der Waals surface area contributed by atoms with Crippen molar-refractivity contribution < 1.29 is 13.3 Å². The molecule has 32 heavy (non-hydrogen) atoms. The van der Waals surface area contributed by atoms with Gasteiger partial charge in [-0.2, -0.15) is 4.98 Å². The Balaban J connectivity index is 1.56. The molecule has 0 amide bonds. The summed E-state index contributed by atoms with van der Waals surface area (Å²) in [6.07, 6.45) is 1.34. The van der Waals surface area contributed by atoms with Gasteiger partial charge in [0, 0.05) is 17.2 Å². The van der Waals surface area contributed by atoms with Crippen LogP contribution in [0.4, 0.5) is 8.78 Å². The fourth-order valence-electron chi connectivity index (χ4n) is 3.38.